The Morgan fingerprint density at radius 3 is 2.53 bits per heavy atom. The van der Waals surface area contributed by atoms with Crippen LogP contribution >= 0.6 is 11.8 Å². The van der Waals surface area contributed by atoms with E-state index in [0.29, 0.717) is 11.5 Å². The van der Waals surface area contributed by atoms with Gasteiger partial charge in [0.05, 0.1) is 5.25 Å². The number of amides is 1. The van der Waals surface area contributed by atoms with E-state index in [1.165, 1.54) is 19.3 Å². The third-order valence-corrected chi connectivity index (χ3v) is 3.67. The first-order chi connectivity index (χ1) is 6.88. The highest BCUT2D eigenvalue weighted by atomic mass is 32.2. The number of nitrogens with one attached hydrogen (secondary N) is 1. The largest absolute Gasteiger partial charge is 0.352 e. The molecule has 0 heterocycles. The Morgan fingerprint density at radius 2 is 2.07 bits per heavy atom. The molecule has 0 saturated heterocycles. The highest BCUT2D eigenvalue weighted by Gasteiger charge is 2.25. The monoisotopic (exact) mass is 229 g/mol. The second-order valence-corrected chi connectivity index (χ2v) is 7.06. The molecule has 0 aromatic heterocycles. The van der Waals surface area contributed by atoms with Crippen LogP contribution in [-0.2, 0) is 4.79 Å². The summed E-state index contributed by atoms with van der Waals surface area (Å²) < 4.78 is 0. The summed E-state index contributed by atoms with van der Waals surface area (Å²) in [5.41, 5.74) is 0.375. The molecule has 1 fully saturated rings. The van der Waals surface area contributed by atoms with Crippen LogP contribution in [0.2, 0.25) is 0 Å². The van der Waals surface area contributed by atoms with Crippen LogP contribution in [0.5, 0.6) is 0 Å². The minimum Gasteiger partial charge on any atom is -0.352 e. The first kappa shape index (κ1) is 12.9. The standard InChI is InChI=1S/C12H23NOS/c1-9(11(14)13-10-5-6-10)15-8-7-12(2,3)4/h9-10H,5-8H2,1-4H3,(H,13,14)/t9-/m0/s1. The molecule has 1 saturated carbocycles. The van der Waals surface area contributed by atoms with Crippen molar-refractivity contribution in [2.24, 2.45) is 5.41 Å². The first-order valence-corrected chi connectivity index (χ1v) is 6.85. The lowest BCUT2D eigenvalue weighted by molar-refractivity contribution is -0.120. The fourth-order valence-corrected chi connectivity index (χ4v) is 2.47. The van der Waals surface area contributed by atoms with Gasteiger partial charge in [-0.05, 0) is 37.4 Å². The predicted octanol–water partition coefficient (Wildman–Crippen LogP) is 2.82. The van der Waals surface area contributed by atoms with Crippen LogP contribution in [0.3, 0.4) is 0 Å². The maximum Gasteiger partial charge on any atom is 0.233 e. The molecule has 3 heteroatoms. The van der Waals surface area contributed by atoms with E-state index in [0.717, 1.165) is 5.75 Å². The van der Waals surface area contributed by atoms with Gasteiger partial charge in [0.2, 0.25) is 5.91 Å². The lowest BCUT2D eigenvalue weighted by Gasteiger charge is -2.19. The highest BCUT2D eigenvalue weighted by Crippen LogP contribution is 2.24. The minimum absolute atomic E-state index is 0.105. The highest BCUT2D eigenvalue weighted by molar-refractivity contribution is 8.00. The maximum absolute atomic E-state index is 11.6. The Balaban J connectivity index is 2.11. The second-order valence-electron chi connectivity index (χ2n) is 5.61. The van der Waals surface area contributed by atoms with Gasteiger partial charge in [-0.1, -0.05) is 20.8 Å². The van der Waals surface area contributed by atoms with Gasteiger partial charge in [-0.3, -0.25) is 4.79 Å². The van der Waals surface area contributed by atoms with Crippen molar-refractivity contribution in [2.45, 2.75) is 58.2 Å². The molecular formula is C12H23NOS. The third-order valence-electron chi connectivity index (χ3n) is 2.51. The third kappa shape index (κ3) is 6.08. The molecule has 1 aliphatic rings. The molecule has 1 N–H and O–H groups in total. The SMILES string of the molecule is C[C@H](SCCC(C)(C)C)C(=O)NC1CC1. The molecule has 0 aromatic rings. The normalized spacial score (nSPS) is 18.7. The number of hydrogen-bond donors (Lipinski definition) is 1. The van der Waals surface area contributed by atoms with Crippen molar-refractivity contribution in [1.82, 2.24) is 5.32 Å². The van der Waals surface area contributed by atoms with Crippen molar-refractivity contribution in [3.05, 3.63) is 0 Å². The summed E-state index contributed by atoms with van der Waals surface area (Å²) in [6.07, 6.45) is 3.51. The zero-order chi connectivity index (χ0) is 11.5. The Bertz CT molecular complexity index is 218. The molecule has 88 valence electrons. The average molecular weight is 229 g/mol. The summed E-state index contributed by atoms with van der Waals surface area (Å²) in [6.45, 7) is 8.72. The quantitative estimate of drug-likeness (QED) is 0.785. The zero-order valence-corrected chi connectivity index (χ0v) is 11.1. The van der Waals surface area contributed by atoms with Crippen LogP contribution < -0.4 is 5.32 Å². The summed E-state index contributed by atoms with van der Waals surface area (Å²) >= 11 is 1.77. The number of rotatable bonds is 5. The molecule has 0 unspecified atom stereocenters. The summed E-state index contributed by atoms with van der Waals surface area (Å²) in [6, 6.07) is 0.489. The van der Waals surface area contributed by atoms with Gasteiger partial charge in [-0.2, -0.15) is 0 Å². The van der Waals surface area contributed by atoms with Gasteiger partial charge in [-0.15, -0.1) is 11.8 Å². The first-order valence-electron chi connectivity index (χ1n) is 5.80. The van der Waals surface area contributed by atoms with Crippen molar-refractivity contribution in [2.75, 3.05) is 5.75 Å². The van der Waals surface area contributed by atoms with E-state index >= 15 is 0 Å². The van der Waals surface area contributed by atoms with Crippen molar-refractivity contribution in [1.29, 1.82) is 0 Å². The molecule has 15 heavy (non-hydrogen) atoms. The molecule has 2 nitrogen and oxygen atoms in total. The summed E-state index contributed by atoms with van der Waals surface area (Å²) in [4.78, 5) is 11.6. The van der Waals surface area contributed by atoms with E-state index in [9.17, 15) is 4.79 Å². The molecule has 1 atom stereocenters. The Morgan fingerprint density at radius 1 is 1.47 bits per heavy atom. The van der Waals surface area contributed by atoms with E-state index in [-0.39, 0.29) is 11.2 Å². The van der Waals surface area contributed by atoms with E-state index in [4.69, 9.17) is 0 Å². The van der Waals surface area contributed by atoms with Gasteiger partial charge in [-0.25, -0.2) is 0 Å². The summed E-state index contributed by atoms with van der Waals surface area (Å²) in [5.74, 6) is 1.29. The van der Waals surface area contributed by atoms with E-state index in [2.05, 4.69) is 26.1 Å². The Kier molecular flexibility index (Phi) is 4.50. The van der Waals surface area contributed by atoms with Crippen LogP contribution in [0.15, 0.2) is 0 Å². The molecule has 1 aliphatic carbocycles. The van der Waals surface area contributed by atoms with Gasteiger partial charge in [0.25, 0.3) is 0 Å². The van der Waals surface area contributed by atoms with Crippen LogP contribution in [-0.4, -0.2) is 23.0 Å². The minimum atomic E-state index is 0.105. The van der Waals surface area contributed by atoms with Crippen LogP contribution in [0.25, 0.3) is 0 Å². The molecule has 0 radical (unpaired) electrons. The average Bonchev–Trinajstić information content (AvgIpc) is 2.85. The molecule has 0 aliphatic heterocycles. The second kappa shape index (κ2) is 5.24. The molecule has 0 aromatic carbocycles. The number of carbonyl (C=O) groups is 1. The topological polar surface area (TPSA) is 29.1 Å². The predicted molar refractivity (Wildman–Crippen MR) is 67.2 cm³/mol. The van der Waals surface area contributed by atoms with Crippen LogP contribution in [0, 0.1) is 5.41 Å². The van der Waals surface area contributed by atoms with Gasteiger partial charge in [0.1, 0.15) is 0 Å². The van der Waals surface area contributed by atoms with Crippen LogP contribution in [0.1, 0.15) is 47.0 Å². The Hall–Kier alpha value is -0.180. The molecule has 0 bridgehead atoms. The smallest absolute Gasteiger partial charge is 0.233 e. The van der Waals surface area contributed by atoms with Gasteiger partial charge < -0.3 is 5.32 Å². The van der Waals surface area contributed by atoms with Gasteiger partial charge >= 0.3 is 0 Å². The summed E-state index contributed by atoms with van der Waals surface area (Å²) in [7, 11) is 0. The summed E-state index contributed by atoms with van der Waals surface area (Å²) in [5, 5.41) is 3.15. The number of thioether (sulfide) groups is 1. The zero-order valence-electron chi connectivity index (χ0n) is 10.3. The van der Waals surface area contributed by atoms with Crippen molar-refractivity contribution in [3.8, 4) is 0 Å². The Labute approximate surface area is 97.6 Å². The van der Waals surface area contributed by atoms with Gasteiger partial charge in [0.15, 0.2) is 0 Å². The molecular weight excluding hydrogens is 206 g/mol. The fourth-order valence-electron chi connectivity index (χ4n) is 1.16. The molecule has 0 spiro atoms. The molecule has 1 amide bonds. The lowest BCUT2D eigenvalue weighted by Crippen LogP contribution is -2.32. The van der Waals surface area contributed by atoms with Crippen molar-refractivity contribution < 1.29 is 4.79 Å². The van der Waals surface area contributed by atoms with Crippen LogP contribution in [0.4, 0.5) is 0 Å². The number of hydrogen-bond acceptors (Lipinski definition) is 2. The van der Waals surface area contributed by atoms with E-state index < -0.39 is 0 Å². The maximum atomic E-state index is 11.6. The van der Waals surface area contributed by atoms with Gasteiger partial charge in [0, 0.05) is 6.04 Å². The van der Waals surface area contributed by atoms with E-state index in [1.54, 1.807) is 11.8 Å². The molecule has 1 rings (SSSR count). The van der Waals surface area contributed by atoms with E-state index in [1.807, 2.05) is 6.92 Å². The van der Waals surface area contributed by atoms with Crippen molar-refractivity contribution in [3.63, 3.8) is 0 Å². The fraction of sp³-hybridized carbons (Fsp3) is 0.917. The number of carbonyl (C=O) groups excluding carboxylic acids is 1. The lowest BCUT2D eigenvalue weighted by atomic mass is 9.94. The van der Waals surface area contributed by atoms with Crippen molar-refractivity contribution >= 4 is 17.7 Å².